The molecule has 11 rings (SSSR count). The molecule has 222 valence electrons. The number of hydrogen-bond donors (Lipinski definition) is 0. The third kappa shape index (κ3) is 3.57. The maximum atomic E-state index is 6.49. The molecular formula is C46H26O2. The van der Waals surface area contributed by atoms with Crippen LogP contribution in [0.1, 0.15) is 0 Å². The van der Waals surface area contributed by atoms with Crippen LogP contribution in [0.2, 0.25) is 0 Å². The van der Waals surface area contributed by atoms with Crippen molar-refractivity contribution in [2.45, 2.75) is 0 Å². The van der Waals surface area contributed by atoms with Crippen molar-refractivity contribution in [1.82, 2.24) is 0 Å². The Hall–Kier alpha value is -6.38. The van der Waals surface area contributed by atoms with Crippen molar-refractivity contribution in [3.05, 3.63) is 158 Å². The third-order valence-electron chi connectivity index (χ3n) is 10.2. The first-order valence-electron chi connectivity index (χ1n) is 16.4. The van der Waals surface area contributed by atoms with E-state index >= 15 is 0 Å². The molecule has 0 aliphatic rings. The molecule has 2 heteroatoms. The Morgan fingerprint density at radius 2 is 0.875 bits per heavy atom. The average Bonchev–Trinajstić information content (AvgIpc) is 3.71. The predicted octanol–water partition coefficient (Wildman–Crippen LogP) is 13.4. The molecule has 0 atom stereocenters. The molecule has 0 unspecified atom stereocenters. The van der Waals surface area contributed by atoms with Crippen molar-refractivity contribution in [1.29, 1.82) is 0 Å². The van der Waals surface area contributed by atoms with Gasteiger partial charge in [-0.3, -0.25) is 0 Å². The van der Waals surface area contributed by atoms with Gasteiger partial charge in [-0.25, -0.2) is 0 Å². The molecule has 0 saturated carbocycles. The van der Waals surface area contributed by atoms with E-state index in [9.17, 15) is 0 Å². The summed E-state index contributed by atoms with van der Waals surface area (Å²) in [7, 11) is 0. The third-order valence-corrected chi connectivity index (χ3v) is 10.2. The number of hydrogen-bond acceptors (Lipinski definition) is 2. The van der Waals surface area contributed by atoms with Gasteiger partial charge < -0.3 is 8.83 Å². The van der Waals surface area contributed by atoms with E-state index in [0.29, 0.717) is 0 Å². The SMILES string of the molecule is c1ccc(-c2ccc3ccc4c(-c5cccc6oc7ccc(-c8ccc9c(c8)oc8ccccc89)cc7c56)ccc5ccc2c3c54)cc1. The second-order valence-corrected chi connectivity index (χ2v) is 12.8. The molecule has 0 aliphatic carbocycles. The summed E-state index contributed by atoms with van der Waals surface area (Å²) in [6.07, 6.45) is 0. The van der Waals surface area contributed by atoms with E-state index in [0.717, 1.165) is 55.0 Å². The van der Waals surface area contributed by atoms with Crippen molar-refractivity contribution in [2.75, 3.05) is 0 Å². The molecule has 0 N–H and O–H groups in total. The van der Waals surface area contributed by atoms with Gasteiger partial charge in [0.1, 0.15) is 22.3 Å². The van der Waals surface area contributed by atoms with Crippen molar-refractivity contribution in [2.24, 2.45) is 0 Å². The molecular weight excluding hydrogens is 585 g/mol. The Kier molecular flexibility index (Phi) is 5.14. The largest absolute Gasteiger partial charge is 0.456 e. The molecule has 0 aliphatic heterocycles. The molecule has 2 nitrogen and oxygen atoms in total. The minimum absolute atomic E-state index is 0.885. The predicted molar refractivity (Wildman–Crippen MR) is 201 cm³/mol. The lowest BCUT2D eigenvalue weighted by atomic mass is 9.86. The van der Waals surface area contributed by atoms with Gasteiger partial charge in [-0.05, 0) is 102 Å². The zero-order valence-corrected chi connectivity index (χ0v) is 25.8. The van der Waals surface area contributed by atoms with Crippen LogP contribution in [0, 0.1) is 0 Å². The lowest BCUT2D eigenvalue weighted by Crippen LogP contribution is -1.89. The lowest BCUT2D eigenvalue weighted by Gasteiger charge is -2.17. The summed E-state index contributed by atoms with van der Waals surface area (Å²) in [6, 6.07) is 56.7. The Bertz CT molecular complexity index is 3050. The van der Waals surface area contributed by atoms with Crippen LogP contribution in [0.25, 0.3) is 110 Å². The Morgan fingerprint density at radius 3 is 1.73 bits per heavy atom. The van der Waals surface area contributed by atoms with E-state index in [1.54, 1.807) is 0 Å². The fraction of sp³-hybridized carbons (Fsp3) is 0. The first kappa shape index (κ1) is 25.8. The van der Waals surface area contributed by atoms with Crippen molar-refractivity contribution < 1.29 is 8.83 Å². The monoisotopic (exact) mass is 610 g/mol. The van der Waals surface area contributed by atoms with E-state index in [4.69, 9.17) is 8.83 Å². The second-order valence-electron chi connectivity index (χ2n) is 12.8. The molecule has 0 radical (unpaired) electrons. The van der Waals surface area contributed by atoms with Gasteiger partial charge in [-0.2, -0.15) is 0 Å². The highest BCUT2D eigenvalue weighted by atomic mass is 16.3. The maximum Gasteiger partial charge on any atom is 0.136 e. The quantitative estimate of drug-likeness (QED) is 0.186. The van der Waals surface area contributed by atoms with Gasteiger partial charge in [0, 0.05) is 21.5 Å². The first-order valence-corrected chi connectivity index (χ1v) is 16.4. The maximum absolute atomic E-state index is 6.49. The van der Waals surface area contributed by atoms with Gasteiger partial charge in [-0.15, -0.1) is 0 Å². The molecule has 9 aromatic carbocycles. The van der Waals surface area contributed by atoms with Gasteiger partial charge in [0.15, 0.2) is 0 Å². The van der Waals surface area contributed by atoms with Crippen LogP contribution in [0.5, 0.6) is 0 Å². The Labute approximate surface area is 275 Å². The Morgan fingerprint density at radius 1 is 0.271 bits per heavy atom. The molecule has 0 fully saturated rings. The highest BCUT2D eigenvalue weighted by Crippen LogP contribution is 2.45. The zero-order valence-electron chi connectivity index (χ0n) is 25.8. The normalized spacial score (nSPS) is 12.2. The zero-order chi connectivity index (χ0) is 31.3. The summed E-state index contributed by atoms with van der Waals surface area (Å²) >= 11 is 0. The van der Waals surface area contributed by atoms with E-state index in [-0.39, 0.29) is 0 Å². The summed E-state index contributed by atoms with van der Waals surface area (Å²) in [5, 5.41) is 12.2. The van der Waals surface area contributed by atoms with E-state index in [2.05, 4.69) is 146 Å². The van der Waals surface area contributed by atoms with E-state index < -0.39 is 0 Å². The summed E-state index contributed by atoms with van der Waals surface area (Å²) in [4.78, 5) is 0. The summed E-state index contributed by atoms with van der Waals surface area (Å²) in [5.41, 5.74) is 10.7. The van der Waals surface area contributed by atoms with Crippen LogP contribution in [-0.4, -0.2) is 0 Å². The van der Waals surface area contributed by atoms with Gasteiger partial charge in [-0.1, -0.05) is 121 Å². The molecule has 0 spiro atoms. The number of fused-ring (bicyclic) bond motifs is 6. The van der Waals surface area contributed by atoms with Crippen LogP contribution in [0.15, 0.2) is 167 Å². The van der Waals surface area contributed by atoms with Crippen molar-refractivity contribution in [3.8, 4) is 33.4 Å². The fourth-order valence-corrected chi connectivity index (χ4v) is 8.04. The van der Waals surface area contributed by atoms with Gasteiger partial charge in [0.25, 0.3) is 0 Å². The van der Waals surface area contributed by atoms with Gasteiger partial charge >= 0.3 is 0 Å². The topological polar surface area (TPSA) is 26.3 Å². The van der Waals surface area contributed by atoms with Gasteiger partial charge in [0.05, 0.1) is 0 Å². The summed E-state index contributed by atoms with van der Waals surface area (Å²) < 4.78 is 12.7. The minimum atomic E-state index is 0.885. The molecule has 0 bridgehead atoms. The van der Waals surface area contributed by atoms with E-state index in [1.165, 1.54) is 54.6 Å². The smallest absolute Gasteiger partial charge is 0.136 e. The lowest BCUT2D eigenvalue weighted by molar-refractivity contribution is 0.669. The van der Waals surface area contributed by atoms with Crippen LogP contribution in [0.3, 0.4) is 0 Å². The molecule has 11 aromatic rings. The summed E-state index contributed by atoms with van der Waals surface area (Å²) in [6.45, 7) is 0. The molecule has 2 heterocycles. The average molecular weight is 611 g/mol. The highest BCUT2D eigenvalue weighted by Gasteiger charge is 2.19. The minimum Gasteiger partial charge on any atom is -0.456 e. The van der Waals surface area contributed by atoms with E-state index in [1.807, 2.05) is 12.1 Å². The first-order chi connectivity index (χ1) is 23.8. The highest BCUT2D eigenvalue weighted by molar-refractivity contribution is 6.28. The number of rotatable bonds is 3. The molecule has 0 saturated heterocycles. The number of para-hydroxylation sites is 1. The van der Waals surface area contributed by atoms with Gasteiger partial charge in [0.2, 0.25) is 0 Å². The van der Waals surface area contributed by atoms with Crippen LogP contribution in [-0.2, 0) is 0 Å². The summed E-state index contributed by atoms with van der Waals surface area (Å²) in [5.74, 6) is 0. The molecule has 48 heavy (non-hydrogen) atoms. The fourth-order valence-electron chi connectivity index (χ4n) is 8.04. The number of furan rings is 2. The number of benzene rings is 9. The van der Waals surface area contributed by atoms with Crippen LogP contribution < -0.4 is 0 Å². The van der Waals surface area contributed by atoms with Crippen LogP contribution in [0.4, 0.5) is 0 Å². The molecule has 0 amide bonds. The molecule has 2 aromatic heterocycles. The van der Waals surface area contributed by atoms with Crippen molar-refractivity contribution >= 4 is 76.2 Å². The standard InChI is InChI=1S/C46H26O2/c1-2-7-27(8-3-1)32-19-13-28-16-23-38-33(20-14-29-15-22-37(32)44(28)45(29)38)36-10-6-12-42-46(36)39-25-30(18-24-41(39)47-42)31-17-21-35-34-9-4-5-11-40(34)48-43(35)26-31/h1-26H. The van der Waals surface area contributed by atoms with Crippen molar-refractivity contribution in [3.63, 3.8) is 0 Å². The van der Waals surface area contributed by atoms with Crippen LogP contribution >= 0.6 is 0 Å². The second kappa shape index (κ2) is 9.57. The Balaban J connectivity index is 1.14.